The van der Waals surface area contributed by atoms with Crippen molar-refractivity contribution in [2.75, 3.05) is 13.4 Å². The molecular weight excluding hydrogens is 398 g/mol. The summed E-state index contributed by atoms with van der Waals surface area (Å²) in [6.45, 7) is 0.146. The van der Waals surface area contributed by atoms with E-state index in [4.69, 9.17) is 18.9 Å². The van der Waals surface area contributed by atoms with E-state index in [9.17, 15) is 9.59 Å². The Balaban J connectivity index is 1.24. The lowest BCUT2D eigenvalue weighted by Gasteiger charge is -2.05. The molecule has 0 fully saturated rings. The lowest BCUT2D eigenvalue weighted by atomic mass is 10.1. The van der Waals surface area contributed by atoms with E-state index < -0.39 is 5.97 Å². The summed E-state index contributed by atoms with van der Waals surface area (Å²) in [6.07, 6.45) is 4.60. The number of hydrogen-bond acceptors (Lipinski definition) is 7. The zero-order valence-electron chi connectivity index (χ0n) is 16.5. The number of aromatic nitrogens is 1. The second kappa shape index (κ2) is 9.58. The molecule has 0 radical (unpaired) electrons. The Kier molecular flexibility index (Phi) is 6.23. The number of rotatable bonds is 8. The average molecular weight is 417 g/mol. The fourth-order valence-electron chi connectivity index (χ4n) is 2.82. The number of carbonyl (C=O) groups excluding carboxylic acids is 2. The van der Waals surface area contributed by atoms with E-state index in [1.165, 1.54) is 6.08 Å². The SMILES string of the molecule is O=C(/C=C/c1ccc(OCc2ccccn2)cc1)OCC(=O)c1ccc2c(c1)OCO2. The van der Waals surface area contributed by atoms with Crippen molar-refractivity contribution in [1.82, 2.24) is 4.98 Å². The molecule has 0 unspecified atom stereocenters. The Hall–Kier alpha value is -4.13. The van der Waals surface area contributed by atoms with Crippen LogP contribution >= 0.6 is 0 Å². The average Bonchev–Trinajstić information content (AvgIpc) is 3.29. The molecule has 7 heteroatoms. The van der Waals surface area contributed by atoms with Crippen molar-refractivity contribution < 1.29 is 28.5 Å². The molecule has 31 heavy (non-hydrogen) atoms. The van der Waals surface area contributed by atoms with Crippen LogP contribution in [0.5, 0.6) is 17.2 Å². The van der Waals surface area contributed by atoms with Gasteiger partial charge in [0.15, 0.2) is 23.9 Å². The highest BCUT2D eigenvalue weighted by molar-refractivity contribution is 5.99. The summed E-state index contributed by atoms with van der Waals surface area (Å²) in [4.78, 5) is 28.3. The fraction of sp³-hybridized carbons (Fsp3) is 0.125. The van der Waals surface area contributed by atoms with Gasteiger partial charge in [0, 0.05) is 17.8 Å². The molecule has 3 aromatic rings. The third kappa shape index (κ3) is 5.48. The summed E-state index contributed by atoms with van der Waals surface area (Å²) < 4.78 is 21.2. The van der Waals surface area contributed by atoms with E-state index in [1.54, 1.807) is 42.6 Å². The Morgan fingerprint density at radius 2 is 1.84 bits per heavy atom. The monoisotopic (exact) mass is 417 g/mol. The van der Waals surface area contributed by atoms with Crippen LogP contribution in [0, 0.1) is 0 Å². The van der Waals surface area contributed by atoms with Gasteiger partial charge in [-0.05, 0) is 54.1 Å². The lowest BCUT2D eigenvalue weighted by Crippen LogP contribution is -2.12. The summed E-state index contributed by atoms with van der Waals surface area (Å²) in [6, 6.07) is 17.7. The minimum absolute atomic E-state index is 0.129. The van der Waals surface area contributed by atoms with Gasteiger partial charge in [0.25, 0.3) is 0 Å². The molecule has 0 amide bonds. The Labute approximate surface area is 178 Å². The molecule has 0 N–H and O–H groups in total. The molecule has 7 nitrogen and oxygen atoms in total. The predicted octanol–water partition coefficient (Wildman–Crippen LogP) is 3.83. The van der Waals surface area contributed by atoms with E-state index in [0.717, 1.165) is 11.3 Å². The highest BCUT2D eigenvalue weighted by Crippen LogP contribution is 2.32. The maximum atomic E-state index is 12.2. The number of Topliss-reactive ketones (excluding diaryl/α,β-unsaturated/α-hetero) is 1. The van der Waals surface area contributed by atoms with Crippen molar-refractivity contribution >= 4 is 17.8 Å². The molecule has 0 saturated heterocycles. The third-order valence-corrected chi connectivity index (χ3v) is 4.44. The van der Waals surface area contributed by atoms with Gasteiger partial charge >= 0.3 is 5.97 Å². The maximum absolute atomic E-state index is 12.2. The highest BCUT2D eigenvalue weighted by Gasteiger charge is 2.16. The van der Waals surface area contributed by atoms with Crippen LogP contribution in [0.2, 0.25) is 0 Å². The first-order valence-electron chi connectivity index (χ1n) is 9.58. The van der Waals surface area contributed by atoms with Gasteiger partial charge in [-0.3, -0.25) is 9.78 Å². The predicted molar refractivity (Wildman–Crippen MR) is 112 cm³/mol. The van der Waals surface area contributed by atoms with Crippen molar-refractivity contribution in [2.24, 2.45) is 0 Å². The maximum Gasteiger partial charge on any atom is 0.331 e. The number of fused-ring (bicyclic) bond motifs is 1. The number of ether oxygens (including phenoxy) is 4. The van der Waals surface area contributed by atoms with Crippen molar-refractivity contribution in [3.05, 3.63) is 89.8 Å². The van der Waals surface area contributed by atoms with Crippen LogP contribution in [-0.2, 0) is 16.1 Å². The zero-order valence-corrected chi connectivity index (χ0v) is 16.5. The van der Waals surface area contributed by atoms with Gasteiger partial charge in [0.2, 0.25) is 6.79 Å². The number of esters is 1. The quantitative estimate of drug-likeness (QED) is 0.313. The molecule has 4 rings (SSSR count). The minimum Gasteiger partial charge on any atom is -0.487 e. The normalized spacial score (nSPS) is 12.0. The van der Waals surface area contributed by atoms with E-state index in [-0.39, 0.29) is 19.2 Å². The van der Waals surface area contributed by atoms with Crippen molar-refractivity contribution in [3.8, 4) is 17.2 Å². The van der Waals surface area contributed by atoms with Crippen LogP contribution < -0.4 is 14.2 Å². The fourth-order valence-corrected chi connectivity index (χ4v) is 2.82. The van der Waals surface area contributed by atoms with Gasteiger partial charge < -0.3 is 18.9 Å². The second-order valence-electron chi connectivity index (χ2n) is 6.61. The number of nitrogens with zero attached hydrogens (tertiary/aromatic N) is 1. The Morgan fingerprint density at radius 3 is 2.65 bits per heavy atom. The zero-order chi connectivity index (χ0) is 21.5. The number of hydrogen-bond donors (Lipinski definition) is 0. The van der Waals surface area contributed by atoms with Crippen LogP contribution in [0.3, 0.4) is 0 Å². The van der Waals surface area contributed by atoms with Gasteiger partial charge in [0.1, 0.15) is 12.4 Å². The van der Waals surface area contributed by atoms with Crippen molar-refractivity contribution in [3.63, 3.8) is 0 Å². The molecule has 0 spiro atoms. The molecular formula is C24H19NO6. The molecule has 0 saturated carbocycles. The first-order chi connectivity index (χ1) is 15.2. The van der Waals surface area contributed by atoms with Gasteiger partial charge in [-0.1, -0.05) is 18.2 Å². The van der Waals surface area contributed by atoms with Crippen LogP contribution in [-0.4, -0.2) is 30.1 Å². The molecule has 2 aromatic carbocycles. The van der Waals surface area contributed by atoms with Crippen molar-refractivity contribution in [1.29, 1.82) is 0 Å². The molecule has 1 aromatic heterocycles. The standard InChI is InChI=1S/C24H19NO6/c26-21(18-7-10-22-23(13-18)31-16-30-22)15-29-24(27)11-6-17-4-8-20(9-5-17)28-14-19-3-1-2-12-25-19/h1-13H,14-16H2/b11-6+. The Morgan fingerprint density at radius 1 is 1.00 bits per heavy atom. The van der Waals surface area contributed by atoms with Crippen molar-refractivity contribution in [2.45, 2.75) is 6.61 Å². The van der Waals surface area contributed by atoms with E-state index in [2.05, 4.69) is 4.98 Å². The number of ketones is 1. The Bertz CT molecular complexity index is 1090. The number of carbonyl (C=O) groups is 2. The summed E-state index contributed by atoms with van der Waals surface area (Å²) in [5, 5.41) is 0. The molecule has 2 heterocycles. The van der Waals surface area contributed by atoms with E-state index >= 15 is 0 Å². The number of benzene rings is 2. The lowest BCUT2D eigenvalue weighted by molar-refractivity contribution is -0.136. The summed E-state index contributed by atoms with van der Waals surface area (Å²) in [5.41, 5.74) is 2.02. The van der Waals surface area contributed by atoms with Gasteiger partial charge in [-0.25, -0.2) is 4.79 Å². The van der Waals surface area contributed by atoms with Gasteiger partial charge in [0.05, 0.1) is 5.69 Å². The molecule has 1 aliphatic heterocycles. The summed E-state index contributed by atoms with van der Waals surface area (Å²) >= 11 is 0. The molecule has 0 atom stereocenters. The smallest absolute Gasteiger partial charge is 0.331 e. The highest BCUT2D eigenvalue weighted by atomic mass is 16.7. The number of pyridine rings is 1. The first-order valence-corrected chi connectivity index (χ1v) is 9.58. The largest absolute Gasteiger partial charge is 0.487 e. The topological polar surface area (TPSA) is 84.0 Å². The second-order valence-corrected chi connectivity index (χ2v) is 6.61. The molecule has 156 valence electrons. The molecule has 0 bridgehead atoms. The van der Waals surface area contributed by atoms with E-state index in [1.807, 2.05) is 30.3 Å². The summed E-state index contributed by atoms with van der Waals surface area (Å²) in [5.74, 6) is 0.855. The van der Waals surface area contributed by atoms with Crippen LogP contribution in [0.25, 0.3) is 6.08 Å². The van der Waals surface area contributed by atoms with Crippen LogP contribution in [0.4, 0.5) is 0 Å². The first kappa shape index (κ1) is 20.2. The molecule has 0 aliphatic carbocycles. The van der Waals surface area contributed by atoms with Crippen LogP contribution in [0.15, 0.2) is 72.9 Å². The van der Waals surface area contributed by atoms with Crippen LogP contribution in [0.1, 0.15) is 21.6 Å². The van der Waals surface area contributed by atoms with Gasteiger partial charge in [-0.2, -0.15) is 0 Å². The van der Waals surface area contributed by atoms with E-state index in [0.29, 0.717) is 29.4 Å². The van der Waals surface area contributed by atoms with Gasteiger partial charge in [-0.15, -0.1) is 0 Å². The minimum atomic E-state index is -0.607. The third-order valence-electron chi connectivity index (χ3n) is 4.44. The molecule has 1 aliphatic rings. The summed E-state index contributed by atoms with van der Waals surface area (Å²) in [7, 11) is 0.